The predicted molar refractivity (Wildman–Crippen MR) is 82.5 cm³/mol. The fraction of sp³-hybridized carbons (Fsp3) is 0.400. The summed E-state index contributed by atoms with van der Waals surface area (Å²) in [6, 6.07) is 2.73. The number of allylic oxidation sites excluding steroid dienone is 1. The van der Waals surface area contributed by atoms with Gasteiger partial charge in [0.15, 0.2) is 0 Å². The van der Waals surface area contributed by atoms with Crippen molar-refractivity contribution in [2.45, 2.75) is 36.8 Å². The summed E-state index contributed by atoms with van der Waals surface area (Å²) < 4.78 is 65.3. The van der Waals surface area contributed by atoms with E-state index in [1.165, 1.54) is 6.07 Å². The molecule has 0 bridgehead atoms. The van der Waals surface area contributed by atoms with Crippen LogP contribution in [0.5, 0.6) is 0 Å². The van der Waals surface area contributed by atoms with Crippen LogP contribution in [0.3, 0.4) is 0 Å². The number of hydrazine groups is 1. The maximum Gasteiger partial charge on any atom is 0.417 e. The Balaban J connectivity index is 1.78. The number of sulfonamides is 1. The monoisotopic (exact) mass is 375 g/mol. The van der Waals surface area contributed by atoms with Crippen LogP contribution >= 0.6 is 0 Å². The van der Waals surface area contributed by atoms with Gasteiger partial charge < -0.3 is 0 Å². The number of halogens is 3. The molecule has 1 aromatic carbocycles. The molecule has 6 nitrogen and oxygen atoms in total. The molecule has 0 saturated carbocycles. The average Bonchev–Trinajstić information content (AvgIpc) is 2.98. The van der Waals surface area contributed by atoms with Crippen molar-refractivity contribution >= 4 is 16.1 Å². The van der Waals surface area contributed by atoms with Crippen molar-refractivity contribution in [3.05, 3.63) is 41.1 Å². The van der Waals surface area contributed by atoms with Gasteiger partial charge in [0.2, 0.25) is 0 Å². The summed E-state index contributed by atoms with van der Waals surface area (Å²) in [5.41, 5.74) is 3.41. The summed E-state index contributed by atoms with van der Waals surface area (Å²) in [6.45, 7) is 0.220. The molecule has 3 rings (SSSR count). The average molecular weight is 375 g/mol. The number of nitrogens with one attached hydrogen (secondary N) is 2. The lowest BCUT2D eigenvalue weighted by Gasteiger charge is -2.20. The van der Waals surface area contributed by atoms with Crippen LogP contribution in [0.15, 0.2) is 40.4 Å². The van der Waals surface area contributed by atoms with E-state index in [-0.39, 0.29) is 6.54 Å². The molecule has 1 heterocycles. The first kappa shape index (κ1) is 17.6. The number of benzene rings is 1. The third-order valence-corrected chi connectivity index (χ3v) is 5.53. The molecule has 0 fully saturated rings. The van der Waals surface area contributed by atoms with Gasteiger partial charge in [0.05, 0.1) is 17.0 Å². The van der Waals surface area contributed by atoms with Crippen molar-refractivity contribution in [1.29, 1.82) is 0 Å². The molecule has 2 aliphatic rings. The number of hydrogen-bond donors (Lipinski definition) is 2. The SMILES string of the molecule is O=C(NS(=O)(=O)c1ccccc1C(F)(F)F)N1CC2=C(CCCC2)N1. The summed E-state index contributed by atoms with van der Waals surface area (Å²) in [5.74, 6) is 0. The molecule has 0 spiro atoms. The van der Waals surface area contributed by atoms with Crippen molar-refractivity contribution in [2.24, 2.45) is 0 Å². The molecular formula is C15H16F3N3O3S. The fourth-order valence-corrected chi connectivity index (χ4v) is 4.13. The molecule has 1 aliphatic carbocycles. The van der Waals surface area contributed by atoms with Crippen molar-refractivity contribution in [3.8, 4) is 0 Å². The van der Waals surface area contributed by atoms with E-state index in [1.54, 1.807) is 4.72 Å². The van der Waals surface area contributed by atoms with Crippen molar-refractivity contribution in [3.63, 3.8) is 0 Å². The van der Waals surface area contributed by atoms with E-state index in [0.717, 1.165) is 54.1 Å². The number of amides is 2. The lowest BCUT2D eigenvalue weighted by atomic mass is 9.98. The van der Waals surface area contributed by atoms with Gasteiger partial charge in [-0.15, -0.1) is 0 Å². The van der Waals surface area contributed by atoms with Crippen LogP contribution in [0.2, 0.25) is 0 Å². The van der Waals surface area contributed by atoms with Gasteiger partial charge in [0.25, 0.3) is 10.0 Å². The van der Waals surface area contributed by atoms with Crippen LogP contribution in [-0.2, 0) is 16.2 Å². The summed E-state index contributed by atoms with van der Waals surface area (Å²) in [7, 11) is -4.66. The number of rotatable bonds is 2. The second-order valence-electron chi connectivity index (χ2n) is 5.89. The number of urea groups is 1. The Labute approximate surface area is 142 Å². The third-order valence-electron chi connectivity index (χ3n) is 4.15. The van der Waals surface area contributed by atoms with Crippen molar-refractivity contribution < 1.29 is 26.4 Å². The van der Waals surface area contributed by atoms with Crippen LogP contribution in [0.4, 0.5) is 18.0 Å². The van der Waals surface area contributed by atoms with Gasteiger partial charge >= 0.3 is 12.2 Å². The van der Waals surface area contributed by atoms with E-state index >= 15 is 0 Å². The first-order valence-electron chi connectivity index (χ1n) is 7.66. The highest BCUT2D eigenvalue weighted by Gasteiger charge is 2.38. The highest BCUT2D eigenvalue weighted by atomic mass is 32.2. The van der Waals surface area contributed by atoms with Gasteiger partial charge in [-0.05, 0) is 43.4 Å². The number of carbonyl (C=O) groups is 1. The predicted octanol–water partition coefficient (Wildman–Crippen LogP) is 2.75. The zero-order valence-corrected chi connectivity index (χ0v) is 13.9. The number of hydrogen-bond acceptors (Lipinski definition) is 4. The normalized spacial score (nSPS) is 18.0. The Hall–Kier alpha value is -2.23. The lowest BCUT2D eigenvalue weighted by molar-refractivity contribution is -0.139. The van der Waals surface area contributed by atoms with E-state index in [2.05, 4.69) is 5.43 Å². The highest BCUT2D eigenvalue weighted by Crippen LogP contribution is 2.34. The summed E-state index contributed by atoms with van der Waals surface area (Å²) in [6.07, 6.45) is -1.30. The molecule has 25 heavy (non-hydrogen) atoms. The van der Waals surface area contributed by atoms with E-state index in [9.17, 15) is 26.4 Å². The Morgan fingerprint density at radius 2 is 1.84 bits per heavy atom. The Kier molecular flexibility index (Phi) is 4.40. The summed E-state index contributed by atoms with van der Waals surface area (Å²) in [5, 5.41) is 1.07. The van der Waals surface area contributed by atoms with Crippen LogP contribution < -0.4 is 10.1 Å². The van der Waals surface area contributed by atoms with E-state index < -0.39 is 32.7 Å². The van der Waals surface area contributed by atoms with Crippen LogP contribution in [0.1, 0.15) is 31.2 Å². The minimum atomic E-state index is -4.85. The molecule has 136 valence electrons. The van der Waals surface area contributed by atoms with Gasteiger partial charge in [-0.1, -0.05) is 12.1 Å². The Bertz CT molecular complexity index is 816. The van der Waals surface area contributed by atoms with Crippen LogP contribution in [0, 0.1) is 0 Å². The second-order valence-corrected chi connectivity index (χ2v) is 7.54. The van der Waals surface area contributed by atoms with Gasteiger partial charge in [-0.25, -0.2) is 22.9 Å². The maximum absolute atomic E-state index is 13.0. The first-order valence-corrected chi connectivity index (χ1v) is 9.15. The molecule has 0 aromatic heterocycles. The van der Waals surface area contributed by atoms with Gasteiger partial charge in [0, 0.05) is 5.70 Å². The Morgan fingerprint density at radius 1 is 1.16 bits per heavy atom. The molecule has 1 aliphatic heterocycles. The van der Waals surface area contributed by atoms with Gasteiger partial charge in [0.1, 0.15) is 0 Å². The quantitative estimate of drug-likeness (QED) is 0.833. The molecule has 2 N–H and O–H groups in total. The summed E-state index contributed by atoms with van der Waals surface area (Å²) >= 11 is 0. The maximum atomic E-state index is 13.0. The van der Waals surface area contributed by atoms with Crippen molar-refractivity contribution in [2.75, 3.05) is 6.54 Å². The van der Waals surface area contributed by atoms with E-state index in [4.69, 9.17) is 0 Å². The van der Waals surface area contributed by atoms with E-state index in [1.807, 2.05) is 0 Å². The van der Waals surface area contributed by atoms with Crippen molar-refractivity contribution in [1.82, 2.24) is 15.2 Å². The number of alkyl halides is 3. The second kappa shape index (κ2) is 6.25. The molecule has 10 heteroatoms. The standard InChI is InChI=1S/C15H16F3N3O3S/c16-15(17,18)11-6-2-4-8-13(11)25(23,24)20-14(22)21-9-10-5-1-3-7-12(10)19-21/h2,4,6,8,19H,1,3,5,7,9H2,(H,20,22). The minimum Gasteiger partial charge on any atom is -0.298 e. The fourth-order valence-electron chi connectivity index (χ4n) is 2.95. The molecular weight excluding hydrogens is 359 g/mol. The smallest absolute Gasteiger partial charge is 0.298 e. The molecule has 0 atom stereocenters. The molecule has 2 amide bonds. The van der Waals surface area contributed by atoms with Gasteiger partial charge in [-0.3, -0.25) is 5.43 Å². The van der Waals surface area contributed by atoms with Crippen LogP contribution in [0.25, 0.3) is 0 Å². The molecule has 0 unspecified atom stereocenters. The number of nitrogens with zero attached hydrogens (tertiary/aromatic N) is 1. The molecule has 1 aromatic rings. The molecule has 0 radical (unpaired) electrons. The third kappa shape index (κ3) is 3.58. The van der Waals surface area contributed by atoms with Crippen LogP contribution in [-0.4, -0.2) is 26.0 Å². The number of carbonyl (C=O) groups excluding carboxylic acids is 1. The topological polar surface area (TPSA) is 78.5 Å². The van der Waals surface area contributed by atoms with E-state index in [0.29, 0.717) is 6.07 Å². The molecule has 0 saturated heterocycles. The summed E-state index contributed by atoms with van der Waals surface area (Å²) in [4.78, 5) is 11.2. The minimum absolute atomic E-state index is 0.220. The zero-order chi connectivity index (χ0) is 18.2. The lowest BCUT2D eigenvalue weighted by Crippen LogP contribution is -2.47. The zero-order valence-electron chi connectivity index (χ0n) is 13.1. The van der Waals surface area contributed by atoms with Gasteiger partial charge in [-0.2, -0.15) is 13.2 Å². The highest BCUT2D eigenvalue weighted by molar-refractivity contribution is 7.90. The largest absolute Gasteiger partial charge is 0.417 e. The first-order chi connectivity index (χ1) is 11.7. The Morgan fingerprint density at radius 3 is 2.52 bits per heavy atom.